The minimum Gasteiger partial charge on any atom is -0.397 e. The van der Waals surface area contributed by atoms with E-state index in [9.17, 15) is 4.79 Å². The lowest BCUT2D eigenvalue weighted by molar-refractivity contribution is 0.0956. The molecule has 0 unspecified atom stereocenters. The molecule has 0 bridgehead atoms. The quantitative estimate of drug-likeness (QED) is 0.748. The number of rotatable bonds is 6. The van der Waals surface area contributed by atoms with Crippen LogP contribution in [-0.4, -0.2) is 28.6 Å². The molecule has 0 atom stereocenters. The minimum absolute atomic E-state index is 0.0816. The van der Waals surface area contributed by atoms with Crippen LogP contribution < -0.4 is 16.4 Å². The van der Waals surface area contributed by atoms with Gasteiger partial charge in [-0.25, -0.2) is 0 Å². The van der Waals surface area contributed by atoms with Gasteiger partial charge in [0.2, 0.25) is 5.89 Å². The first-order chi connectivity index (χ1) is 10.1. The van der Waals surface area contributed by atoms with Gasteiger partial charge in [0, 0.05) is 25.9 Å². The highest BCUT2D eigenvalue weighted by molar-refractivity contribution is 7.18. The first-order valence-electron chi connectivity index (χ1n) is 6.85. The predicted octanol–water partition coefficient (Wildman–Crippen LogP) is 1.57. The Kier molecular flexibility index (Phi) is 3.78. The number of hydrogen-bond acceptors (Lipinski definition) is 7. The summed E-state index contributed by atoms with van der Waals surface area (Å²) in [6.07, 6.45) is 2.78. The molecule has 112 valence electrons. The van der Waals surface area contributed by atoms with Crippen molar-refractivity contribution in [2.24, 2.45) is 0 Å². The third-order valence-corrected chi connectivity index (χ3v) is 4.20. The maximum atomic E-state index is 12.0. The van der Waals surface area contributed by atoms with Crippen LogP contribution in [-0.2, 0) is 6.42 Å². The zero-order chi connectivity index (χ0) is 14.8. The normalized spacial score (nSPS) is 14.1. The Morgan fingerprint density at radius 3 is 3.05 bits per heavy atom. The molecule has 2 heterocycles. The number of carbonyl (C=O) groups excluding carboxylic acids is 1. The maximum absolute atomic E-state index is 12.0. The molecule has 4 N–H and O–H groups in total. The Bertz CT molecular complexity index is 647. The Labute approximate surface area is 125 Å². The van der Waals surface area contributed by atoms with Gasteiger partial charge in [0.15, 0.2) is 5.82 Å². The summed E-state index contributed by atoms with van der Waals surface area (Å²) < 4.78 is 4.91. The number of carbonyl (C=O) groups is 1. The smallest absolute Gasteiger partial charge is 0.263 e. The Morgan fingerprint density at radius 1 is 1.57 bits per heavy atom. The number of aryl methyl sites for hydroxylation is 1. The van der Waals surface area contributed by atoms with E-state index >= 15 is 0 Å². The fourth-order valence-corrected chi connectivity index (χ4v) is 2.80. The second-order valence-electron chi connectivity index (χ2n) is 5.05. The lowest BCUT2D eigenvalue weighted by Crippen LogP contribution is -2.25. The number of nitrogens with two attached hydrogens (primary N) is 1. The zero-order valence-electron chi connectivity index (χ0n) is 11.7. The Balaban J connectivity index is 1.54. The van der Waals surface area contributed by atoms with E-state index in [1.54, 1.807) is 13.0 Å². The van der Waals surface area contributed by atoms with Crippen LogP contribution in [0.2, 0.25) is 0 Å². The van der Waals surface area contributed by atoms with Gasteiger partial charge in [-0.05, 0) is 18.9 Å². The summed E-state index contributed by atoms with van der Waals surface area (Å²) in [4.78, 5) is 16.7. The van der Waals surface area contributed by atoms with Crippen molar-refractivity contribution in [2.45, 2.75) is 32.2 Å². The van der Waals surface area contributed by atoms with Crippen LogP contribution in [0.4, 0.5) is 10.7 Å². The third kappa shape index (κ3) is 3.52. The molecule has 1 fully saturated rings. The van der Waals surface area contributed by atoms with Gasteiger partial charge in [-0.2, -0.15) is 4.98 Å². The van der Waals surface area contributed by atoms with E-state index in [1.165, 1.54) is 11.3 Å². The maximum Gasteiger partial charge on any atom is 0.263 e. The molecule has 0 saturated heterocycles. The van der Waals surface area contributed by atoms with Gasteiger partial charge >= 0.3 is 0 Å². The first kappa shape index (κ1) is 13.9. The number of hydrogen-bond donors (Lipinski definition) is 3. The van der Waals surface area contributed by atoms with Gasteiger partial charge in [0.25, 0.3) is 5.91 Å². The molecule has 1 saturated carbocycles. The van der Waals surface area contributed by atoms with Crippen molar-refractivity contribution in [1.82, 2.24) is 15.5 Å². The molecule has 7 nitrogen and oxygen atoms in total. The largest absolute Gasteiger partial charge is 0.397 e. The SMILES string of the molecule is Cc1nc(CCNc2cc(N)c(C(=O)NC3CC3)s2)no1. The molecule has 0 aliphatic heterocycles. The fourth-order valence-electron chi connectivity index (χ4n) is 1.89. The zero-order valence-corrected chi connectivity index (χ0v) is 12.5. The van der Waals surface area contributed by atoms with E-state index in [0.29, 0.717) is 41.3 Å². The highest BCUT2D eigenvalue weighted by Crippen LogP contribution is 2.30. The van der Waals surface area contributed by atoms with Gasteiger partial charge in [-0.3, -0.25) is 4.79 Å². The van der Waals surface area contributed by atoms with Crippen molar-refractivity contribution >= 4 is 27.9 Å². The number of amides is 1. The molecule has 2 aromatic rings. The first-order valence-corrected chi connectivity index (χ1v) is 7.66. The highest BCUT2D eigenvalue weighted by atomic mass is 32.1. The van der Waals surface area contributed by atoms with Crippen molar-refractivity contribution in [2.75, 3.05) is 17.6 Å². The predicted molar refractivity (Wildman–Crippen MR) is 80.4 cm³/mol. The van der Waals surface area contributed by atoms with Crippen LogP contribution in [0.1, 0.15) is 34.2 Å². The van der Waals surface area contributed by atoms with Crippen LogP contribution in [0.3, 0.4) is 0 Å². The molecule has 0 aromatic carbocycles. The number of nitrogens with one attached hydrogen (secondary N) is 2. The van der Waals surface area contributed by atoms with Crippen LogP contribution in [0.5, 0.6) is 0 Å². The minimum atomic E-state index is -0.0816. The van der Waals surface area contributed by atoms with Crippen LogP contribution in [0, 0.1) is 6.92 Å². The topological polar surface area (TPSA) is 106 Å². The molecular weight excluding hydrogens is 290 g/mol. The summed E-state index contributed by atoms with van der Waals surface area (Å²) in [5.41, 5.74) is 6.40. The summed E-state index contributed by atoms with van der Waals surface area (Å²) in [7, 11) is 0. The molecule has 0 spiro atoms. The van der Waals surface area contributed by atoms with E-state index in [0.717, 1.165) is 17.8 Å². The molecule has 0 radical (unpaired) electrons. The van der Waals surface area contributed by atoms with E-state index in [4.69, 9.17) is 10.3 Å². The number of nitrogen functional groups attached to an aromatic ring is 1. The number of aromatic nitrogens is 2. The Hall–Kier alpha value is -2.09. The van der Waals surface area contributed by atoms with E-state index in [1.807, 2.05) is 0 Å². The molecular formula is C13H17N5O2S. The molecule has 1 amide bonds. The highest BCUT2D eigenvalue weighted by Gasteiger charge is 2.25. The molecule has 1 aliphatic carbocycles. The van der Waals surface area contributed by atoms with Gasteiger partial charge in [-0.15, -0.1) is 11.3 Å². The molecule has 8 heteroatoms. The van der Waals surface area contributed by atoms with Gasteiger partial charge in [0.1, 0.15) is 4.88 Å². The summed E-state index contributed by atoms with van der Waals surface area (Å²) in [5.74, 6) is 1.14. The molecule has 3 rings (SSSR count). The van der Waals surface area contributed by atoms with Crippen molar-refractivity contribution < 1.29 is 9.32 Å². The van der Waals surface area contributed by atoms with Crippen LogP contribution >= 0.6 is 11.3 Å². The van der Waals surface area contributed by atoms with Crippen LogP contribution in [0.25, 0.3) is 0 Å². The van der Waals surface area contributed by atoms with Crippen molar-refractivity contribution in [3.05, 3.63) is 22.7 Å². The molecule has 1 aliphatic rings. The molecule has 2 aromatic heterocycles. The number of anilines is 2. The molecule has 21 heavy (non-hydrogen) atoms. The van der Waals surface area contributed by atoms with Gasteiger partial charge in [0.05, 0.1) is 10.7 Å². The average Bonchev–Trinajstić information content (AvgIpc) is 3.03. The third-order valence-electron chi connectivity index (χ3n) is 3.10. The van der Waals surface area contributed by atoms with Crippen LogP contribution in [0.15, 0.2) is 10.6 Å². The van der Waals surface area contributed by atoms with Crippen molar-refractivity contribution in [3.8, 4) is 0 Å². The summed E-state index contributed by atoms with van der Waals surface area (Å²) >= 11 is 1.37. The standard InChI is InChI=1S/C13H17N5O2S/c1-7-16-10(18-20-7)4-5-15-11-6-9(14)12(21-11)13(19)17-8-2-3-8/h6,8,15H,2-5,14H2,1H3,(H,17,19). The van der Waals surface area contributed by atoms with Gasteiger partial charge in [-0.1, -0.05) is 5.16 Å². The lowest BCUT2D eigenvalue weighted by Gasteiger charge is -2.01. The lowest BCUT2D eigenvalue weighted by atomic mass is 10.3. The fraction of sp³-hybridized carbons (Fsp3) is 0.462. The summed E-state index contributed by atoms with van der Waals surface area (Å²) in [5, 5.41) is 10.9. The number of thiophene rings is 1. The number of nitrogens with zero attached hydrogens (tertiary/aromatic N) is 2. The average molecular weight is 307 g/mol. The second kappa shape index (κ2) is 5.72. The van der Waals surface area contributed by atoms with Gasteiger partial charge < -0.3 is 20.9 Å². The summed E-state index contributed by atoms with van der Waals surface area (Å²) in [6.45, 7) is 2.41. The summed E-state index contributed by atoms with van der Waals surface area (Å²) in [6, 6.07) is 2.12. The second-order valence-corrected chi connectivity index (χ2v) is 6.10. The Morgan fingerprint density at radius 2 is 2.38 bits per heavy atom. The van der Waals surface area contributed by atoms with E-state index in [-0.39, 0.29) is 5.91 Å². The van der Waals surface area contributed by atoms with E-state index in [2.05, 4.69) is 20.8 Å². The van der Waals surface area contributed by atoms with E-state index < -0.39 is 0 Å². The van der Waals surface area contributed by atoms with Crippen molar-refractivity contribution in [3.63, 3.8) is 0 Å². The monoisotopic (exact) mass is 307 g/mol. The van der Waals surface area contributed by atoms with Crippen molar-refractivity contribution in [1.29, 1.82) is 0 Å².